The highest BCUT2D eigenvalue weighted by atomic mass is 32.1. The van der Waals surface area contributed by atoms with Crippen LogP contribution < -0.4 is 10.6 Å². The van der Waals surface area contributed by atoms with Gasteiger partial charge in [0, 0.05) is 5.92 Å². The van der Waals surface area contributed by atoms with Gasteiger partial charge in [-0.2, -0.15) is 4.37 Å². The first-order chi connectivity index (χ1) is 16.9. The second-order valence-electron chi connectivity index (χ2n) is 8.49. The molecule has 180 valence electrons. The second-order valence-corrected chi connectivity index (χ2v) is 9.26. The van der Waals surface area contributed by atoms with Crippen LogP contribution in [0.2, 0.25) is 0 Å². The first-order valence-electron chi connectivity index (χ1n) is 11.1. The van der Waals surface area contributed by atoms with E-state index in [0.29, 0.717) is 5.69 Å². The molecule has 1 saturated heterocycles. The standard InChI is InChI=1S/C25H23N3O6S/c1-13-21(24(30)31)23(35-28-13)27-22(29)19-10-33-12-20(19)26-25(32)34-11-18-16-8-4-2-6-14(16)15-7-3-5-9-17(15)18/h2-9,18-20H,10-12H2,1H3,(H,26,32)(H,27,29)(H,30,31). The molecule has 5 rings (SSSR count). The number of benzene rings is 2. The van der Waals surface area contributed by atoms with E-state index in [1.165, 1.54) is 0 Å². The van der Waals surface area contributed by atoms with Gasteiger partial charge < -0.3 is 25.2 Å². The number of anilines is 1. The smallest absolute Gasteiger partial charge is 0.407 e. The summed E-state index contributed by atoms with van der Waals surface area (Å²) >= 11 is 0.902. The van der Waals surface area contributed by atoms with E-state index in [1.54, 1.807) is 6.92 Å². The van der Waals surface area contributed by atoms with E-state index < -0.39 is 29.9 Å². The molecule has 0 saturated carbocycles. The van der Waals surface area contributed by atoms with Crippen molar-refractivity contribution in [1.82, 2.24) is 9.69 Å². The molecule has 1 fully saturated rings. The van der Waals surface area contributed by atoms with E-state index in [0.717, 1.165) is 33.8 Å². The van der Waals surface area contributed by atoms with Crippen molar-refractivity contribution in [3.63, 3.8) is 0 Å². The number of carboxylic acid groups (broad SMARTS) is 1. The number of alkyl carbamates (subject to hydrolysis) is 1. The summed E-state index contributed by atoms with van der Waals surface area (Å²) < 4.78 is 15.0. The molecule has 2 unspecified atom stereocenters. The molecular formula is C25H23N3O6S. The molecule has 3 aromatic rings. The lowest BCUT2D eigenvalue weighted by atomic mass is 9.98. The molecule has 1 aromatic heterocycles. The van der Waals surface area contributed by atoms with Crippen molar-refractivity contribution in [1.29, 1.82) is 0 Å². The number of aryl methyl sites for hydroxylation is 1. The molecule has 35 heavy (non-hydrogen) atoms. The summed E-state index contributed by atoms with van der Waals surface area (Å²) in [6.45, 7) is 1.97. The Kier molecular flexibility index (Phi) is 6.23. The monoisotopic (exact) mass is 493 g/mol. The van der Waals surface area contributed by atoms with Crippen molar-refractivity contribution >= 4 is 34.5 Å². The van der Waals surface area contributed by atoms with Crippen molar-refractivity contribution in [2.45, 2.75) is 18.9 Å². The molecule has 2 aromatic carbocycles. The van der Waals surface area contributed by atoms with E-state index in [2.05, 4.69) is 27.1 Å². The minimum absolute atomic E-state index is 0.0386. The van der Waals surface area contributed by atoms with Gasteiger partial charge in [0.1, 0.15) is 17.2 Å². The third-order valence-electron chi connectivity index (χ3n) is 6.38. The normalized spacial score (nSPS) is 18.5. The minimum Gasteiger partial charge on any atom is -0.478 e. The van der Waals surface area contributed by atoms with Crippen molar-refractivity contribution in [2.75, 3.05) is 25.1 Å². The van der Waals surface area contributed by atoms with Gasteiger partial charge in [0.15, 0.2) is 0 Å². The fourth-order valence-corrected chi connectivity index (χ4v) is 5.45. The van der Waals surface area contributed by atoms with Gasteiger partial charge in [0.05, 0.1) is 30.9 Å². The molecular weight excluding hydrogens is 470 g/mol. The summed E-state index contributed by atoms with van der Waals surface area (Å²) in [6, 6.07) is 15.5. The zero-order valence-corrected chi connectivity index (χ0v) is 19.6. The van der Waals surface area contributed by atoms with Gasteiger partial charge >= 0.3 is 12.1 Å². The number of hydrogen-bond acceptors (Lipinski definition) is 7. The number of nitrogens with zero attached hydrogens (tertiary/aromatic N) is 1. The Hall–Kier alpha value is -3.76. The van der Waals surface area contributed by atoms with Gasteiger partial charge in [-0.15, -0.1) is 0 Å². The highest BCUT2D eigenvalue weighted by Crippen LogP contribution is 2.44. The summed E-state index contributed by atoms with van der Waals surface area (Å²) in [7, 11) is 0. The van der Waals surface area contributed by atoms with Crippen LogP contribution in [0.15, 0.2) is 48.5 Å². The van der Waals surface area contributed by atoms with E-state index >= 15 is 0 Å². The van der Waals surface area contributed by atoms with Crippen LogP contribution in [-0.2, 0) is 14.3 Å². The number of aromatic carboxylic acids is 1. The highest BCUT2D eigenvalue weighted by molar-refractivity contribution is 7.11. The fraction of sp³-hybridized carbons (Fsp3) is 0.280. The zero-order valence-electron chi connectivity index (χ0n) is 18.8. The van der Waals surface area contributed by atoms with Crippen LogP contribution >= 0.6 is 11.5 Å². The maximum Gasteiger partial charge on any atom is 0.407 e. The molecule has 0 radical (unpaired) electrons. The molecule has 9 nitrogen and oxygen atoms in total. The molecule has 1 aliphatic carbocycles. The maximum atomic E-state index is 12.8. The van der Waals surface area contributed by atoms with Crippen LogP contribution in [0.25, 0.3) is 11.1 Å². The largest absolute Gasteiger partial charge is 0.478 e. The van der Waals surface area contributed by atoms with Crippen molar-refractivity contribution in [3.8, 4) is 11.1 Å². The number of nitrogens with one attached hydrogen (secondary N) is 2. The molecule has 2 heterocycles. The predicted octanol–water partition coefficient (Wildman–Crippen LogP) is 3.64. The molecule has 2 amide bonds. The number of hydrogen-bond donors (Lipinski definition) is 3. The van der Waals surface area contributed by atoms with Crippen LogP contribution in [-0.4, -0.2) is 53.3 Å². The molecule has 2 atom stereocenters. The van der Waals surface area contributed by atoms with Gasteiger partial charge in [-0.3, -0.25) is 4.79 Å². The van der Waals surface area contributed by atoms with Crippen LogP contribution in [0.1, 0.15) is 33.1 Å². The highest BCUT2D eigenvalue weighted by Gasteiger charge is 2.37. The lowest BCUT2D eigenvalue weighted by Crippen LogP contribution is -2.44. The number of carbonyl (C=O) groups is 3. The first kappa shape index (κ1) is 23.0. The second kappa shape index (κ2) is 9.47. The quantitative estimate of drug-likeness (QED) is 0.478. The average Bonchev–Trinajstić information content (AvgIpc) is 3.53. The Morgan fingerprint density at radius 1 is 1.09 bits per heavy atom. The number of fused-ring (bicyclic) bond motifs is 3. The minimum atomic E-state index is -1.16. The van der Waals surface area contributed by atoms with Gasteiger partial charge in [-0.25, -0.2) is 9.59 Å². The third kappa shape index (κ3) is 4.38. The number of amides is 2. The van der Waals surface area contributed by atoms with Crippen molar-refractivity contribution in [3.05, 3.63) is 70.9 Å². The molecule has 3 N–H and O–H groups in total. The molecule has 1 aliphatic heterocycles. The summed E-state index contributed by atoms with van der Waals surface area (Å²) in [6.07, 6.45) is -0.639. The Morgan fingerprint density at radius 3 is 2.40 bits per heavy atom. The number of rotatable bonds is 6. The average molecular weight is 494 g/mol. The third-order valence-corrected chi connectivity index (χ3v) is 7.23. The van der Waals surface area contributed by atoms with Crippen LogP contribution in [0.3, 0.4) is 0 Å². The van der Waals surface area contributed by atoms with E-state index in [4.69, 9.17) is 9.47 Å². The summed E-state index contributed by atoms with van der Waals surface area (Å²) in [5.74, 6) is -2.38. The molecule has 0 bridgehead atoms. The summed E-state index contributed by atoms with van der Waals surface area (Å²) in [4.78, 5) is 37.0. The lowest BCUT2D eigenvalue weighted by Gasteiger charge is -2.19. The fourth-order valence-electron chi connectivity index (χ4n) is 4.66. The van der Waals surface area contributed by atoms with Crippen LogP contribution in [0, 0.1) is 12.8 Å². The predicted molar refractivity (Wildman–Crippen MR) is 129 cm³/mol. The SMILES string of the molecule is Cc1nsc(NC(=O)C2COCC2NC(=O)OCC2c3ccccc3-c3ccccc32)c1C(=O)O. The Balaban J connectivity index is 1.22. The molecule has 10 heteroatoms. The van der Waals surface area contributed by atoms with Gasteiger partial charge in [-0.1, -0.05) is 48.5 Å². The molecule has 2 aliphatic rings. The van der Waals surface area contributed by atoms with Crippen molar-refractivity contribution in [2.24, 2.45) is 5.92 Å². The number of carbonyl (C=O) groups excluding carboxylic acids is 2. The summed E-state index contributed by atoms with van der Waals surface area (Å²) in [5.41, 5.74) is 4.78. The lowest BCUT2D eigenvalue weighted by molar-refractivity contribution is -0.120. The number of carboxylic acids is 1. The van der Waals surface area contributed by atoms with E-state index in [1.807, 2.05) is 36.4 Å². The van der Waals surface area contributed by atoms with Crippen molar-refractivity contribution < 1.29 is 29.0 Å². The Bertz CT molecular complexity index is 1260. The Labute approximate surface area is 205 Å². The van der Waals surface area contributed by atoms with Crippen LogP contribution in [0.4, 0.5) is 9.80 Å². The van der Waals surface area contributed by atoms with Gasteiger partial charge in [0.25, 0.3) is 0 Å². The topological polar surface area (TPSA) is 127 Å². The van der Waals surface area contributed by atoms with Gasteiger partial charge in [0.2, 0.25) is 5.91 Å². The maximum absolute atomic E-state index is 12.8. The van der Waals surface area contributed by atoms with E-state index in [-0.39, 0.29) is 36.3 Å². The zero-order chi connectivity index (χ0) is 24.5. The number of ether oxygens (including phenoxy) is 2. The van der Waals surface area contributed by atoms with Crippen LogP contribution in [0.5, 0.6) is 0 Å². The molecule has 0 spiro atoms. The first-order valence-corrected chi connectivity index (χ1v) is 11.9. The summed E-state index contributed by atoms with van der Waals surface area (Å²) in [5, 5.41) is 14.9. The van der Waals surface area contributed by atoms with Gasteiger partial charge in [-0.05, 0) is 40.7 Å². The number of aromatic nitrogens is 1. The van der Waals surface area contributed by atoms with E-state index in [9.17, 15) is 19.5 Å². The Morgan fingerprint density at radius 2 is 1.74 bits per heavy atom.